The Kier molecular flexibility index (Phi) is 9.42. The molecule has 0 aliphatic carbocycles. The monoisotopic (exact) mass is 712 g/mol. The van der Waals surface area contributed by atoms with E-state index in [1.165, 1.54) is 11.1 Å². The summed E-state index contributed by atoms with van der Waals surface area (Å²) in [5, 5.41) is 0. The van der Waals surface area contributed by atoms with Gasteiger partial charge in [0.2, 0.25) is 0 Å². The Hall–Kier alpha value is -5.56. The number of hydrogen-bond acceptors (Lipinski definition) is 4. The van der Waals surface area contributed by atoms with E-state index in [2.05, 4.69) is 86.6 Å². The van der Waals surface area contributed by atoms with Crippen molar-refractivity contribution < 1.29 is 9.59 Å². The summed E-state index contributed by atoms with van der Waals surface area (Å²) >= 11 is 3.38. The topological polar surface area (TPSA) is 40.6 Å². The van der Waals surface area contributed by atoms with Crippen LogP contribution in [0.1, 0.15) is 33.4 Å². The predicted octanol–water partition coefficient (Wildman–Crippen LogP) is 10.8. The van der Waals surface area contributed by atoms with Crippen molar-refractivity contribution >= 4 is 46.7 Å². The zero-order valence-electron chi connectivity index (χ0n) is 29.0. The lowest BCUT2D eigenvalue weighted by atomic mass is 10.0. The molecule has 254 valence electrons. The molecule has 8 rings (SSSR count). The fraction of sp³-hybridized carbons (Fsp3) is 0.0870. The highest BCUT2D eigenvalue weighted by molar-refractivity contribution is 7.99. The molecule has 0 unspecified atom stereocenters. The van der Waals surface area contributed by atoms with E-state index >= 15 is 0 Å². The van der Waals surface area contributed by atoms with Gasteiger partial charge in [0.1, 0.15) is 0 Å². The minimum absolute atomic E-state index is 0.163. The number of hydrogen-bond donors (Lipinski definition) is 0. The van der Waals surface area contributed by atoms with E-state index < -0.39 is 0 Å². The van der Waals surface area contributed by atoms with Crippen LogP contribution in [-0.2, 0) is 22.7 Å². The summed E-state index contributed by atoms with van der Waals surface area (Å²) in [6.45, 7) is 4.88. The SMILES string of the molecule is Cc1ccc(Sc2ccc(C3=C4C(=O)N(Cc5ccccc5)C(c5ccc(Sc6ccc(C)cc6)cc5)=C4C(=O)N3Cc3ccccc3)cc2)cc1. The molecule has 0 aromatic heterocycles. The molecule has 0 bridgehead atoms. The van der Waals surface area contributed by atoms with Gasteiger partial charge in [0, 0.05) is 19.6 Å². The van der Waals surface area contributed by atoms with Crippen LogP contribution in [-0.4, -0.2) is 21.6 Å². The Balaban J connectivity index is 1.23. The van der Waals surface area contributed by atoms with Gasteiger partial charge < -0.3 is 9.80 Å². The lowest BCUT2D eigenvalue weighted by Gasteiger charge is -2.26. The van der Waals surface area contributed by atoms with Crippen molar-refractivity contribution in [2.24, 2.45) is 0 Å². The van der Waals surface area contributed by atoms with Crippen molar-refractivity contribution in [2.45, 2.75) is 46.5 Å². The number of carbonyl (C=O) groups is 2. The van der Waals surface area contributed by atoms with Crippen LogP contribution in [0.3, 0.4) is 0 Å². The average molecular weight is 713 g/mol. The number of aryl methyl sites for hydroxylation is 2. The molecule has 2 heterocycles. The predicted molar refractivity (Wildman–Crippen MR) is 211 cm³/mol. The van der Waals surface area contributed by atoms with Gasteiger partial charge >= 0.3 is 0 Å². The highest BCUT2D eigenvalue weighted by Gasteiger charge is 2.48. The standard InChI is InChI=1S/C46H36N2O2S2/c1-31-13-21-37(22-14-31)51-39-25-17-35(18-26-39)43-41-42(46(50)47(43)29-33-9-5-3-6-10-33)44(48(45(41)49)30-34-11-7-4-8-12-34)36-19-27-40(28-20-36)52-38-23-15-32(2)16-24-38/h3-28H,29-30H2,1-2H3. The van der Waals surface area contributed by atoms with Crippen LogP contribution in [0.5, 0.6) is 0 Å². The maximum atomic E-state index is 14.8. The van der Waals surface area contributed by atoms with Gasteiger partial charge in [-0.05, 0) is 84.6 Å². The van der Waals surface area contributed by atoms with Gasteiger partial charge in [-0.15, -0.1) is 0 Å². The summed E-state index contributed by atoms with van der Waals surface area (Å²) in [6.07, 6.45) is 0. The summed E-state index contributed by atoms with van der Waals surface area (Å²) < 4.78 is 0. The quantitative estimate of drug-likeness (QED) is 0.142. The van der Waals surface area contributed by atoms with Crippen LogP contribution >= 0.6 is 23.5 Å². The highest BCUT2D eigenvalue weighted by Crippen LogP contribution is 2.48. The Morgan fingerprint density at radius 2 is 0.712 bits per heavy atom. The molecule has 0 atom stereocenters. The van der Waals surface area contributed by atoms with E-state index in [0.29, 0.717) is 35.6 Å². The van der Waals surface area contributed by atoms with Crippen molar-refractivity contribution in [1.82, 2.24) is 9.80 Å². The average Bonchev–Trinajstić information content (AvgIpc) is 3.61. The summed E-state index contributed by atoms with van der Waals surface area (Å²) in [5.41, 5.74) is 8.33. The molecule has 6 heteroatoms. The Bertz CT molecular complexity index is 2150. The third-order valence-electron chi connectivity index (χ3n) is 9.32. The summed E-state index contributed by atoms with van der Waals surface area (Å²) in [6, 6.07) is 53.4. The van der Waals surface area contributed by atoms with Crippen molar-refractivity contribution in [3.63, 3.8) is 0 Å². The minimum Gasteiger partial charge on any atom is -0.302 e. The molecule has 0 spiro atoms. The zero-order valence-corrected chi connectivity index (χ0v) is 30.6. The third kappa shape index (κ3) is 6.88. The highest BCUT2D eigenvalue weighted by atomic mass is 32.2. The van der Waals surface area contributed by atoms with Crippen LogP contribution in [0.25, 0.3) is 11.4 Å². The van der Waals surface area contributed by atoms with E-state index in [9.17, 15) is 9.59 Å². The molecule has 4 nitrogen and oxygen atoms in total. The lowest BCUT2D eigenvalue weighted by Crippen LogP contribution is -2.29. The molecule has 2 amide bonds. The molecular formula is C46H36N2O2S2. The molecule has 0 N–H and O–H groups in total. The van der Waals surface area contributed by atoms with E-state index in [-0.39, 0.29) is 11.8 Å². The first kappa shape index (κ1) is 33.6. The molecule has 6 aromatic carbocycles. The van der Waals surface area contributed by atoms with Crippen LogP contribution in [0, 0.1) is 13.8 Å². The Labute approximate surface area is 313 Å². The second-order valence-electron chi connectivity index (χ2n) is 13.1. The fourth-order valence-corrected chi connectivity index (χ4v) is 8.31. The first-order chi connectivity index (χ1) is 25.4. The van der Waals surface area contributed by atoms with Crippen LogP contribution < -0.4 is 0 Å². The maximum absolute atomic E-state index is 14.8. The second-order valence-corrected chi connectivity index (χ2v) is 15.4. The molecule has 0 saturated heterocycles. The first-order valence-electron chi connectivity index (χ1n) is 17.3. The summed E-state index contributed by atoms with van der Waals surface area (Å²) in [5.74, 6) is -0.326. The van der Waals surface area contributed by atoms with E-state index in [1.54, 1.807) is 33.3 Å². The number of rotatable bonds is 10. The number of benzene rings is 6. The largest absolute Gasteiger partial charge is 0.302 e. The van der Waals surface area contributed by atoms with Crippen molar-refractivity contribution in [1.29, 1.82) is 0 Å². The van der Waals surface area contributed by atoms with Crippen molar-refractivity contribution in [3.05, 3.63) is 202 Å². The van der Waals surface area contributed by atoms with Gasteiger partial charge in [-0.25, -0.2) is 0 Å². The molecule has 0 radical (unpaired) electrons. The van der Waals surface area contributed by atoms with Gasteiger partial charge in [0.25, 0.3) is 11.8 Å². The molecular weight excluding hydrogens is 677 g/mol. The summed E-state index contributed by atoms with van der Waals surface area (Å²) in [4.78, 5) is 37.7. The maximum Gasteiger partial charge on any atom is 0.261 e. The normalized spacial score (nSPS) is 14.1. The van der Waals surface area contributed by atoms with Gasteiger partial charge in [0.15, 0.2) is 0 Å². The number of fused-ring (bicyclic) bond motifs is 1. The zero-order chi connectivity index (χ0) is 35.6. The Morgan fingerprint density at radius 1 is 0.404 bits per heavy atom. The van der Waals surface area contributed by atoms with Crippen LogP contribution in [0.15, 0.2) is 188 Å². The lowest BCUT2D eigenvalue weighted by molar-refractivity contribution is -0.124. The van der Waals surface area contributed by atoms with Gasteiger partial charge in [0.05, 0.1) is 35.6 Å². The van der Waals surface area contributed by atoms with Crippen LogP contribution in [0.2, 0.25) is 0 Å². The van der Waals surface area contributed by atoms with Gasteiger partial charge in [-0.1, -0.05) is 144 Å². The van der Waals surface area contributed by atoms with Gasteiger partial charge in [-0.2, -0.15) is 0 Å². The smallest absolute Gasteiger partial charge is 0.261 e. The van der Waals surface area contributed by atoms with Crippen LogP contribution in [0.4, 0.5) is 0 Å². The summed E-state index contributed by atoms with van der Waals surface area (Å²) in [7, 11) is 0. The van der Waals surface area contributed by atoms with E-state index in [4.69, 9.17) is 0 Å². The molecule has 2 aliphatic heterocycles. The first-order valence-corrected chi connectivity index (χ1v) is 18.9. The van der Waals surface area contributed by atoms with Crippen molar-refractivity contribution in [2.75, 3.05) is 0 Å². The number of amides is 2. The van der Waals surface area contributed by atoms with Crippen molar-refractivity contribution in [3.8, 4) is 0 Å². The van der Waals surface area contributed by atoms with E-state index in [0.717, 1.165) is 41.8 Å². The van der Waals surface area contributed by atoms with E-state index in [1.807, 2.05) is 84.9 Å². The molecule has 0 fully saturated rings. The fourth-order valence-electron chi connectivity index (χ4n) is 6.68. The Morgan fingerprint density at radius 3 is 1.04 bits per heavy atom. The molecule has 52 heavy (non-hydrogen) atoms. The number of carbonyl (C=O) groups excluding carboxylic acids is 2. The van der Waals surface area contributed by atoms with Gasteiger partial charge in [-0.3, -0.25) is 9.59 Å². The second kappa shape index (κ2) is 14.6. The minimum atomic E-state index is -0.163. The number of nitrogens with zero attached hydrogens (tertiary/aromatic N) is 2. The third-order valence-corrected chi connectivity index (χ3v) is 11.3. The molecule has 2 aliphatic rings. The molecule has 6 aromatic rings. The molecule has 0 saturated carbocycles.